The summed E-state index contributed by atoms with van der Waals surface area (Å²) in [5, 5.41) is 5.95. The number of benzene rings is 3. The molecule has 0 aliphatic heterocycles. The molecule has 0 aliphatic rings. The second-order valence-electron chi connectivity index (χ2n) is 8.74. The maximum Gasteiger partial charge on any atom is 0.257 e. The molecule has 2 N–H and O–H groups in total. The highest BCUT2D eigenvalue weighted by molar-refractivity contribution is 7.80. The van der Waals surface area contributed by atoms with Crippen molar-refractivity contribution < 1.29 is 13.9 Å². The van der Waals surface area contributed by atoms with E-state index in [1.165, 1.54) is 5.56 Å². The Kier molecular flexibility index (Phi) is 7.46. The molecule has 35 heavy (non-hydrogen) atoms. The molecule has 0 saturated heterocycles. The van der Waals surface area contributed by atoms with Crippen molar-refractivity contribution in [3.05, 3.63) is 77.9 Å². The first kappa shape index (κ1) is 24.4. The van der Waals surface area contributed by atoms with E-state index in [9.17, 15) is 4.79 Å². The lowest BCUT2D eigenvalue weighted by Gasteiger charge is -2.12. The van der Waals surface area contributed by atoms with Gasteiger partial charge in [-0.15, -0.1) is 0 Å². The number of ether oxygens (including phenoxy) is 1. The molecule has 7 heteroatoms. The van der Waals surface area contributed by atoms with Crippen LogP contribution >= 0.6 is 12.2 Å². The number of nitrogens with one attached hydrogen (secondary N) is 2. The van der Waals surface area contributed by atoms with E-state index in [1.54, 1.807) is 18.2 Å². The summed E-state index contributed by atoms with van der Waals surface area (Å²) in [4.78, 5) is 17.2. The third kappa shape index (κ3) is 6.05. The van der Waals surface area contributed by atoms with Crippen LogP contribution in [0.4, 0.5) is 5.69 Å². The van der Waals surface area contributed by atoms with Crippen LogP contribution < -0.4 is 15.4 Å². The number of carbonyl (C=O) groups is 1. The largest absolute Gasteiger partial charge is 0.491 e. The van der Waals surface area contributed by atoms with Gasteiger partial charge in [-0.3, -0.25) is 10.1 Å². The lowest BCUT2D eigenvalue weighted by molar-refractivity contribution is 0.0977. The van der Waals surface area contributed by atoms with Crippen LogP contribution in [0.15, 0.2) is 71.1 Å². The molecule has 0 aliphatic carbocycles. The number of amides is 1. The normalized spacial score (nSPS) is 11.9. The number of oxazole rings is 1. The minimum atomic E-state index is -0.309. The van der Waals surface area contributed by atoms with Gasteiger partial charge in [0.05, 0.1) is 6.10 Å². The smallest absolute Gasteiger partial charge is 0.257 e. The van der Waals surface area contributed by atoms with Crippen LogP contribution in [-0.2, 0) is 0 Å². The molecule has 0 fully saturated rings. The van der Waals surface area contributed by atoms with E-state index in [1.807, 2.05) is 50.2 Å². The summed E-state index contributed by atoms with van der Waals surface area (Å²) in [6, 6.07) is 20.7. The molecule has 180 valence electrons. The number of thiocarbonyl (C=S) groups is 1. The minimum absolute atomic E-state index is 0.0241. The number of aromatic nitrogens is 1. The molecule has 6 nitrogen and oxygen atoms in total. The second kappa shape index (κ2) is 10.7. The van der Waals surface area contributed by atoms with Gasteiger partial charge in [0, 0.05) is 16.8 Å². The van der Waals surface area contributed by atoms with Crippen LogP contribution in [0.1, 0.15) is 56.0 Å². The van der Waals surface area contributed by atoms with Gasteiger partial charge in [0.2, 0.25) is 5.89 Å². The molecular weight excluding hydrogens is 458 g/mol. The number of fused-ring (bicyclic) bond motifs is 1. The van der Waals surface area contributed by atoms with Crippen molar-refractivity contribution in [1.82, 2.24) is 10.3 Å². The molecule has 0 saturated carbocycles. The molecule has 3 aromatic carbocycles. The Morgan fingerprint density at radius 3 is 2.54 bits per heavy atom. The van der Waals surface area contributed by atoms with Crippen LogP contribution in [-0.4, -0.2) is 22.1 Å². The summed E-state index contributed by atoms with van der Waals surface area (Å²) >= 11 is 5.32. The van der Waals surface area contributed by atoms with Crippen molar-refractivity contribution in [2.75, 3.05) is 5.32 Å². The number of anilines is 1. The van der Waals surface area contributed by atoms with E-state index >= 15 is 0 Å². The standard InChI is InChI=1S/C28H29N3O3S/c1-5-18(4)20-11-14-25-24(16-20)30-27(34-25)19-9-12-22(13-10-19)29-28(35)31-26(32)21-7-6-8-23(15-21)33-17(2)3/h6-18H,5H2,1-4H3,(H2,29,31,32,35)/t18-/m0/s1. The molecule has 1 amide bonds. The molecular formula is C28H29N3O3S. The average molecular weight is 488 g/mol. The van der Waals surface area contributed by atoms with Gasteiger partial charge in [-0.1, -0.05) is 26.0 Å². The van der Waals surface area contributed by atoms with E-state index in [-0.39, 0.29) is 17.1 Å². The van der Waals surface area contributed by atoms with Gasteiger partial charge in [-0.2, -0.15) is 0 Å². The highest BCUT2D eigenvalue weighted by atomic mass is 32.1. The van der Waals surface area contributed by atoms with Crippen molar-refractivity contribution in [2.45, 2.75) is 46.1 Å². The molecule has 1 aromatic heterocycles. The van der Waals surface area contributed by atoms with Crippen molar-refractivity contribution in [1.29, 1.82) is 0 Å². The zero-order valence-corrected chi connectivity index (χ0v) is 21.1. The van der Waals surface area contributed by atoms with Crippen molar-refractivity contribution in [2.24, 2.45) is 0 Å². The molecule has 1 atom stereocenters. The Labute approximate surface area is 210 Å². The third-order valence-corrected chi connectivity index (χ3v) is 5.88. The Hall–Kier alpha value is -3.71. The first-order valence-corrected chi connectivity index (χ1v) is 12.1. The highest BCUT2D eigenvalue weighted by Crippen LogP contribution is 2.28. The van der Waals surface area contributed by atoms with Crippen molar-refractivity contribution >= 4 is 40.0 Å². The predicted molar refractivity (Wildman–Crippen MR) is 144 cm³/mol. The van der Waals surface area contributed by atoms with E-state index in [0.29, 0.717) is 23.1 Å². The Bertz CT molecular complexity index is 1350. The van der Waals surface area contributed by atoms with Crippen molar-refractivity contribution in [3.63, 3.8) is 0 Å². The van der Waals surface area contributed by atoms with Gasteiger partial charge in [0.1, 0.15) is 11.3 Å². The number of carbonyl (C=O) groups excluding carboxylic acids is 1. The lowest BCUT2D eigenvalue weighted by Crippen LogP contribution is -2.34. The van der Waals surface area contributed by atoms with Gasteiger partial charge in [0.15, 0.2) is 10.7 Å². The minimum Gasteiger partial charge on any atom is -0.491 e. The summed E-state index contributed by atoms with van der Waals surface area (Å²) in [6.07, 6.45) is 1.10. The zero-order valence-electron chi connectivity index (χ0n) is 20.3. The number of hydrogen-bond acceptors (Lipinski definition) is 5. The maximum absolute atomic E-state index is 12.6. The summed E-state index contributed by atoms with van der Waals surface area (Å²) in [7, 11) is 0. The summed E-state index contributed by atoms with van der Waals surface area (Å²) in [5.74, 6) is 1.37. The number of hydrogen-bond donors (Lipinski definition) is 2. The van der Waals surface area contributed by atoms with Crippen LogP contribution in [0.25, 0.3) is 22.6 Å². The Morgan fingerprint density at radius 2 is 1.83 bits per heavy atom. The molecule has 0 radical (unpaired) electrons. The Morgan fingerprint density at radius 1 is 1.06 bits per heavy atom. The SMILES string of the molecule is CC[C@H](C)c1ccc2oc(-c3ccc(NC(=S)NC(=O)c4cccc(OC(C)C)c4)cc3)nc2c1. The van der Waals surface area contributed by atoms with E-state index in [4.69, 9.17) is 21.4 Å². The van der Waals surface area contributed by atoms with Crippen LogP contribution in [0.2, 0.25) is 0 Å². The molecule has 4 rings (SSSR count). The first-order chi connectivity index (χ1) is 16.8. The average Bonchev–Trinajstić information content (AvgIpc) is 3.27. The van der Waals surface area contributed by atoms with Gasteiger partial charge in [-0.05, 0) is 98.6 Å². The number of rotatable bonds is 7. The monoisotopic (exact) mass is 487 g/mol. The third-order valence-electron chi connectivity index (χ3n) is 5.68. The van der Waals surface area contributed by atoms with Gasteiger partial charge in [0.25, 0.3) is 5.91 Å². The number of nitrogens with zero attached hydrogens (tertiary/aromatic N) is 1. The van der Waals surface area contributed by atoms with Gasteiger partial charge >= 0.3 is 0 Å². The van der Waals surface area contributed by atoms with E-state index in [0.717, 1.165) is 28.8 Å². The summed E-state index contributed by atoms with van der Waals surface area (Å²) in [5.41, 5.74) is 4.94. The van der Waals surface area contributed by atoms with Gasteiger partial charge < -0.3 is 14.5 Å². The van der Waals surface area contributed by atoms with Crippen molar-refractivity contribution in [3.8, 4) is 17.2 Å². The van der Waals surface area contributed by atoms with E-state index < -0.39 is 0 Å². The lowest BCUT2D eigenvalue weighted by atomic mass is 9.98. The highest BCUT2D eigenvalue weighted by Gasteiger charge is 2.12. The predicted octanol–water partition coefficient (Wildman–Crippen LogP) is 6.92. The van der Waals surface area contributed by atoms with E-state index in [2.05, 4.69) is 41.6 Å². The Balaban J connectivity index is 1.40. The van der Waals surface area contributed by atoms with Crippen LogP contribution in [0.5, 0.6) is 5.75 Å². The van der Waals surface area contributed by atoms with Crippen LogP contribution in [0, 0.1) is 0 Å². The molecule has 0 spiro atoms. The first-order valence-electron chi connectivity index (χ1n) is 11.7. The molecule has 1 heterocycles. The van der Waals surface area contributed by atoms with Crippen LogP contribution in [0.3, 0.4) is 0 Å². The molecule has 0 bridgehead atoms. The topological polar surface area (TPSA) is 76.4 Å². The zero-order chi connectivity index (χ0) is 24.9. The molecule has 4 aromatic rings. The maximum atomic E-state index is 12.6. The fourth-order valence-electron chi connectivity index (χ4n) is 3.63. The second-order valence-corrected chi connectivity index (χ2v) is 9.14. The summed E-state index contributed by atoms with van der Waals surface area (Å²) < 4.78 is 11.6. The quantitative estimate of drug-likeness (QED) is 0.276. The molecule has 0 unspecified atom stereocenters. The fraction of sp³-hybridized carbons (Fsp3) is 0.250. The summed E-state index contributed by atoms with van der Waals surface area (Å²) in [6.45, 7) is 8.26. The fourth-order valence-corrected chi connectivity index (χ4v) is 3.84. The van der Waals surface area contributed by atoms with Gasteiger partial charge in [-0.25, -0.2) is 4.98 Å².